The second-order valence-corrected chi connectivity index (χ2v) is 3.35. The van der Waals surface area contributed by atoms with Crippen LogP contribution < -0.4 is 16.6 Å². The lowest BCUT2D eigenvalue weighted by Crippen LogP contribution is -2.11. The van der Waals surface area contributed by atoms with Crippen LogP contribution in [0, 0.1) is 0 Å². The van der Waals surface area contributed by atoms with E-state index in [1.165, 1.54) is 12.3 Å². The van der Waals surface area contributed by atoms with Gasteiger partial charge in [0.15, 0.2) is 0 Å². The van der Waals surface area contributed by atoms with Crippen molar-refractivity contribution in [3.05, 3.63) is 52.4 Å². The molecule has 0 unspecified atom stereocenters. The Kier molecular flexibility index (Phi) is 2.87. The fourth-order valence-electron chi connectivity index (χ4n) is 1.29. The molecule has 86 valence electrons. The molecule has 1 aromatic heterocycles. The van der Waals surface area contributed by atoms with Crippen molar-refractivity contribution in [1.82, 2.24) is 9.97 Å². The number of nitrogens with zero attached hydrogens (tertiary/aromatic N) is 1. The summed E-state index contributed by atoms with van der Waals surface area (Å²) in [6, 6.07) is 7.85. The first-order valence-corrected chi connectivity index (χ1v) is 4.87. The molecule has 0 radical (unpaired) electrons. The number of H-pyrrole nitrogens is 1. The SMILES string of the molecule is NC(=O)c1ccc(Nc2nccc(=O)[nH]2)cc1. The monoisotopic (exact) mass is 230 g/mol. The number of anilines is 2. The van der Waals surface area contributed by atoms with Crippen molar-refractivity contribution in [1.29, 1.82) is 0 Å². The second-order valence-electron chi connectivity index (χ2n) is 3.35. The molecule has 0 aliphatic carbocycles. The molecule has 4 N–H and O–H groups in total. The zero-order valence-corrected chi connectivity index (χ0v) is 8.81. The standard InChI is InChI=1S/C11H10N4O2/c12-10(17)7-1-3-8(4-2-7)14-11-13-6-5-9(16)15-11/h1-6H,(H2,12,17)(H2,13,14,15,16). The summed E-state index contributed by atoms with van der Waals surface area (Å²) in [5.74, 6) is -0.146. The molecule has 6 heteroatoms. The average Bonchev–Trinajstić information content (AvgIpc) is 2.29. The van der Waals surface area contributed by atoms with Gasteiger partial charge in [0, 0.05) is 23.5 Å². The molecule has 0 aliphatic rings. The van der Waals surface area contributed by atoms with Crippen molar-refractivity contribution in [3.8, 4) is 0 Å². The minimum Gasteiger partial charge on any atom is -0.366 e. The molecule has 0 atom stereocenters. The molecule has 0 saturated heterocycles. The van der Waals surface area contributed by atoms with Gasteiger partial charge in [0.2, 0.25) is 11.9 Å². The zero-order valence-electron chi connectivity index (χ0n) is 8.81. The van der Waals surface area contributed by atoms with Gasteiger partial charge in [-0.1, -0.05) is 0 Å². The Morgan fingerprint density at radius 3 is 2.53 bits per heavy atom. The molecule has 6 nitrogen and oxygen atoms in total. The van der Waals surface area contributed by atoms with E-state index in [0.717, 1.165) is 0 Å². The van der Waals surface area contributed by atoms with Gasteiger partial charge in [-0.15, -0.1) is 0 Å². The quantitative estimate of drug-likeness (QED) is 0.719. The van der Waals surface area contributed by atoms with Gasteiger partial charge < -0.3 is 11.1 Å². The van der Waals surface area contributed by atoms with Crippen LogP contribution in [0.25, 0.3) is 0 Å². The molecular weight excluding hydrogens is 220 g/mol. The summed E-state index contributed by atoms with van der Waals surface area (Å²) in [5.41, 5.74) is 6.00. The Hall–Kier alpha value is -2.63. The zero-order chi connectivity index (χ0) is 12.3. The molecule has 0 saturated carbocycles. The maximum absolute atomic E-state index is 11.0. The van der Waals surface area contributed by atoms with Gasteiger partial charge in [0.1, 0.15) is 0 Å². The number of carbonyl (C=O) groups is 1. The second kappa shape index (κ2) is 4.48. The molecular formula is C11H10N4O2. The van der Waals surface area contributed by atoms with Crippen LogP contribution in [0.1, 0.15) is 10.4 Å². The first-order valence-electron chi connectivity index (χ1n) is 4.87. The highest BCUT2D eigenvalue weighted by Crippen LogP contribution is 2.12. The van der Waals surface area contributed by atoms with E-state index >= 15 is 0 Å². The number of nitrogens with two attached hydrogens (primary N) is 1. The Labute approximate surface area is 96.5 Å². The van der Waals surface area contributed by atoms with Crippen LogP contribution in [0.4, 0.5) is 11.6 Å². The highest BCUT2D eigenvalue weighted by molar-refractivity contribution is 5.93. The highest BCUT2D eigenvalue weighted by Gasteiger charge is 2.00. The number of nitrogens with one attached hydrogen (secondary N) is 2. The summed E-state index contributed by atoms with van der Waals surface area (Å²) in [7, 11) is 0. The Morgan fingerprint density at radius 1 is 1.24 bits per heavy atom. The van der Waals surface area contributed by atoms with Gasteiger partial charge in [0.05, 0.1) is 0 Å². The largest absolute Gasteiger partial charge is 0.366 e. The molecule has 2 rings (SSSR count). The van der Waals surface area contributed by atoms with Crippen molar-refractivity contribution in [2.24, 2.45) is 5.73 Å². The third-order valence-corrected chi connectivity index (χ3v) is 2.10. The molecule has 2 aromatic rings. The normalized spacial score (nSPS) is 9.88. The lowest BCUT2D eigenvalue weighted by Gasteiger charge is -2.04. The van der Waals surface area contributed by atoms with E-state index in [2.05, 4.69) is 15.3 Å². The van der Waals surface area contributed by atoms with Crippen LogP contribution in [0.15, 0.2) is 41.3 Å². The molecule has 0 spiro atoms. The number of amides is 1. The number of hydrogen-bond acceptors (Lipinski definition) is 4. The predicted molar refractivity (Wildman–Crippen MR) is 63.1 cm³/mol. The van der Waals surface area contributed by atoms with Crippen molar-refractivity contribution in [3.63, 3.8) is 0 Å². The summed E-state index contributed by atoms with van der Waals surface area (Å²) in [6.45, 7) is 0. The lowest BCUT2D eigenvalue weighted by molar-refractivity contribution is 0.100. The van der Waals surface area contributed by atoms with Gasteiger partial charge in [0.25, 0.3) is 5.56 Å². The fourth-order valence-corrected chi connectivity index (χ4v) is 1.29. The molecule has 17 heavy (non-hydrogen) atoms. The van der Waals surface area contributed by atoms with Crippen LogP contribution >= 0.6 is 0 Å². The Bertz CT molecular complexity index is 589. The first-order chi connectivity index (χ1) is 8.15. The van der Waals surface area contributed by atoms with Crippen molar-refractivity contribution >= 4 is 17.5 Å². The van der Waals surface area contributed by atoms with Crippen LogP contribution in [0.3, 0.4) is 0 Å². The average molecular weight is 230 g/mol. The third kappa shape index (κ3) is 2.69. The number of rotatable bonds is 3. The highest BCUT2D eigenvalue weighted by atomic mass is 16.1. The van der Waals surface area contributed by atoms with Gasteiger partial charge >= 0.3 is 0 Å². The van der Waals surface area contributed by atoms with Gasteiger partial charge in [-0.3, -0.25) is 14.6 Å². The number of benzene rings is 1. The van der Waals surface area contributed by atoms with Crippen LogP contribution in [0.2, 0.25) is 0 Å². The van der Waals surface area contributed by atoms with Crippen LogP contribution in [-0.4, -0.2) is 15.9 Å². The smallest absolute Gasteiger partial charge is 0.252 e. The number of hydrogen-bond donors (Lipinski definition) is 3. The summed E-state index contributed by atoms with van der Waals surface area (Å²) >= 11 is 0. The van der Waals surface area contributed by atoms with Gasteiger partial charge in [-0.05, 0) is 24.3 Å². The van der Waals surface area contributed by atoms with Crippen LogP contribution in [0.5, 0.6) is 0 Å². The van der Waals surface area contributed by atoms with E-state index in [1.807, 2.05) is 0 Å². The third-order valence-electron chi connectivity index (χ3n) is 2.10. The van der Waals surface area contributed by atoms with Crippen molar-refractivity contribution < 1.29 is 4.79 Å². The summed E-state index contributed by atoms with van der Waals surface area (Å²) in [4.78, 5) is 28.3. The molecule has 0 fully saturated rings. The van der Waals surface area contributed by atoms with E-state index < -0.39 is 5.91 Å². The summed E-state index contributed by atoms with van der Waals surface area (Å²) in [6.07, 6.45) is 1.40. The van der Waals surface area contributed by atoms with E-state index in [9.17, 15) is 9.59 Å². The van der Waals surface area contributed by atoms with Crippen molar-refractivity contribution in [2.45, 2.75) is 0 Å². The topological polar surface area (TPSA) is 101 Å². The number of primary amides is 1. The van der Waals surface area contributed by atoms with E-state index in [1.54, 1.807) is 24.3 Å². The fraction of sp³-hybridized carbons (Fsp3) is 0. The van der Waals surface area contributed by atoms with Gasteiger partial charge in [-0.25, -0.2) is 4.98 Å². The minimum absolute atomic E-state index is 0.240. The summed E-state index contributed by atoms with van der Waals surface area (Å²) in [5, 5.41) is 2.89. The molecule has 0 bridgehead atoms. The molecule has 1 amide bonds. The van der Waals surface area contributed by atoms with E-state index in [0.29, 0.717) is 17.2 Å². The Balaban J connectivity index is 2.19. The molecule has 1 heterocycles. The molecule has 0 aliphatic heterocycles. The van der Waals surface area contributed by atoms with E-state index in [4.69, 9.17) is 5.73 Å². The molecule has 1 aromatic carbocycles. The number of carbonyl (C=O) groups excluding carboxylic acids is 1. The minimum atomic E-state index is -0.484. The van der Waals surface area contributed by atoms with Crippen LogP contribution in [-0.2, 0) is 0 Å². The van der Waals surface area contributed by atoms with Gasteiger partial charge in [-0.2, -0.15) is 0 Å². The maximum atomic E-state index is 11.0. The maximum Gasteiger partial charge on any atom is 0.252 e. The predicted octanol–water partition coefficient (Wildman–Crippen LogP) is 0.612. The number of aromatic amines is 1. The first kappa shape index (κ1) is 10.9. The van der Waals surface area contributed by atoms with Crippen molar-refractivity contribution in [2.75, 3.05) is 5.32 Å². The Morgan fingerprint density at radius 2 is 1.94 bits per heavy atom. The number of aromatic nitrogens is 2. The summed E-state index contributed by atoms with van der Waals surface area (Å²) < 4.78 is 0. The van der Waals surface area contributed by atoms with E-state index in [-0.39, 0.29) is 5.56 Å². The lowest BCUT2D eigenvalue weighted by atomic mass is 10.2.